The van der Waals surface area contributed by atoms with Crippen molar-refractivity contribution in [1.82, 2.24) is 9.88 Å². The van der Waals surface area contributed by atoms with Gasteiger partial charge in [0.15, 0.2) is 0 Å². The largest absolute Gasteiger partial charge is 0.478 e. The number of rotatable bonds is 5. The van der Waals surface area contributed by atoms with Crippen LogP contribution in [0.25, 0.3) is 0 Å². The third kappa shape index (κ3) is 2.87. The minimum Gasteiger partial charge on any atom is -0.478 e. The van der Waals surface area contributed by atoms with Crippen molar-refractivity contribution in [1.29, 1.82) is 0 Å². The number of nitrogens with two attached hydrogens (primary N) is 1. The summed E-state index contributed by atoms with van der Waals surface area (Å²) in [5, 5.41) is 18.6. The molecule has 1 amide bonds. The summed E-state index contributed by atoms with van der Waals surface area (Å²) in [5.41, 5.74) is 6.38. The van der Waals surface area contributed by atoms with Gasteiger partial charge in [0.1, 0.15) is 17.1 Å². The molecule has 0 spiro atoms. The molecule has 1 aromatic heterocycles. The van der Waals surface area contributed by atoms with Crippen molar-refractivity contribution in [2.75, 3.05) is 11.5 Å². The van der Waals surface area contributed by atoms with E-state index in [4.69, 9.17) is 10.8 Å². The summed E-state index contributed by atoms with van der Waals surface area (Å²) in [6, 6.07) is 2.15. The Balaban J connectivity index is 1.80. The van der Waals surface area contributed by atoms with E-state index in [0.717, 1.165) is 0 Å². The second kappa shape index (κ2) is 6.46. The molecule has 0 aromatic carbocycles. The Morgan fingerprint density at radius 3 is 2.83 bits per heavy atom. The van der Waals surface area contributed by atoms with Gasteiger partial charge in [-0.25, -0.2) is 14.6 Å². The number of nitrogens with zero attached hydrogens (tertiary/aromatic N) is 2. The normalized spacial score (nSPS) is 22.9. The number of carbonyl (C=O) groups excluding carboxylic acids is 1. The fourth-order valence-corrected chi connectivity index (χ4v) is 4.80. The van der Waals surface area contributed by atoms with Crippen LogP contribution in [0.5, 0.6) is 0 Å². The maximum Gasteiger partial charge on any atom is 0.352 e. The van der Waals surface area contributed by atoms with Crippen LogP contribution >= 0.6 is 23.5 Å². The maximum absolute atomic E-state index is 11.9. The van der Waals surface area contributed by atoms with E-state index in [0.29, 0.717) is 22.1 Å². The van der Waals surface area contributed by atoms with Crippen molar-refractivity contribution >= 4 is 41.4 Å². The molecule has 24 heavy (non-hydrogen) atoms. The highest BCUT2D eigenvalue weighted by Gasteiger charge is 2.51. The van der Waals surface area contributed by atoms with E-state index < -0.39 is 23.9 Å². The van der Waals surface area contributed by atoms with Gasteiger partial charge in [0.25, 0.3) is 0 Å². The SMILES string of the molecule is NC1C(=O)N2C(C(=O)O)=C(CSc3cc(C(=O)O)ccn3)CS[C@H]12. The quantitative estimate of drug-likeness (QED) is 0.501. The minimum absolute atomic E-state index is 0.0210. The van der Waals surface area contributed by atoms with E-state index in [1.54, 1.807) is 0 Å². The van der Waals surface area contributed by atoms with Crippen molar-refractivity contribution in [2.45, 2.75) is 16.4 Å². The molecule has 0 aliphatic carbocycles. The molecule has 8 nitrogen and oxygen atoms in total. The highest BCUT2D eigenvalue weighted by atomic mass is 32.2. The number of aromatic carboxylic acids is 1. The van der Waals surface area contributed by atoms with Gasteiger partial charge >= 0.3 is 11.9 Å². The van der Waals surface area contributed by atoms with E-state index in [-0.39, 0.29) is 16.6 Å². The maximum atomic E-state index is 11.9. The molecular weight excluding hydrogens is 354 g/mol. The van der Waals surface area contributed by atoms with Gasteiger partial charge in [-0.3, -0.25) is 9.69 Å². The Hall–Kier alpha value is -2.04. The van der Waals surface area contributed by atoms with Crippen LogP contribution in [-0.4, -0.2) is 60.9 Å². The number of pyridine rings is 1. The minimum atomic E-state index is -1.16. The zero-order valence-corrected chi connectivity index (χ0v) is 13.8. The molecule has 1 aromatic rings. The molecule has 0 radical (unpaired) electrons. The van der Waals surface area contributed by atoms with Crippen LogP contribution in [0.3, 0.4) is 0 Å². The molecule has 126 valence electrons. The van der Waals surface area contributed by atoms with Gasteiger partial charge in [-0.05, 0) is 17.7 Å². The summed E-state index contributed by atoms with van der Waals surface area (Å²) in [4.78, 5) is 39.7. The topological polar surface area (TPSA) is 134 Å². The molecule has 0 bridgehead atoms. The summed E-state index contributed by atoms with van der Waals surface area (Å²) in [7, 11) is 0. The number of fused-ring (bicyclic) bond motifs is 1. The zero-order chi connectivity index (χ0) is 17.4. The number of thioether (sulfide) groups is 2. The molecule has 0 saturated carbocycles. The van der Waals surface area contributed by atoms with Crippen LogP contribution < -0.4 is 5.73 Å². The lowest BCUT2D eigenvalue weighted by molar-refractivity contribution is -0.147. The third-order valence-corrected chi connectivity index (χ3v) is 6.04. The van der Waals surface area contributed by atoms with Crippen molar-refractivity contribution in [3.05, 3.63) is 35.2 Å². The fraction of sp³-hybridized carbons (Fsp3) is 0.286. The summed E-state index contributed by atoms with van der Waals surface area (Å²) in [6.07, 6.45) is 1.39. The van der Waals surface area contributed by atoms with Gasteiger partial charge in [-0.1, -0.05) is 0 Å². The average molecular weight is 367 g/mol. The predicted octanol–water partition coefficient (Wildman–Crippen LogP) is 0.453. The average Bonchev–Trinajstić information content (AvgIpc) is 2.58. The Morgan fingerprint density at radius 2 is 2.17 bits per heavy atom. The van der Waals surface area contributed by atoms with Gasteiger partial charge in [-0.2, -0.15) is 0 Å². The Bertz CT molecular complexity index is 767. The van der Waals surface area contributed by atoms with E-state index in [1.165, 1.54) is 46.8 Å². The van der Waals surface area contributed by atoms with Crippen LogP contribution in [0.1, 0.15) is 10.4 Å². The lowest BCUT2D eigenvalue weighted by atomic mass is 10.0. The number of β-lactam (4-membered cyclic amide) rings is 1. The van der Waals surface area contributed by atoms with E-state index in [1.807, 2.05) is 0 Å². The smallest absolute Gasteiger partial charge is 0.352 e. The Labute approximate surface area is 145 Å². The van der Waals surface area contributed by atoms with Crippen molar-refractivity contribution in [3.8, 4) is 0 Å². The van der Waals surface area contributed by atoms with Crippen molar-refractivity contribution in [3.63, 3.8) is 0 Å². The first kappa shape index (κ1) is 16.8. The van der Waals surface area contributed by atoms with Gasteiger partial charge in [0, 0.05) is 17.7 Å². The molecule has 3 heterocycles. The second-order valence-electron chi connectivity index (χ2n) is 5.17. The van der Waals surface area contributed by atoms with Crippen LogP contribution in [0.15, 0.2) is 34.6 Å². The molecule has 4 N–H and O–H groups in total. The highest BCUT2D eigenvalue weighted by molar-refractivity contribution is 8.01. The van der Waals surface area contributed by atoms with Gasteiger partial charge in [0.05, 0.1) is 10.6 Å². The third-order valence-electron chi connectivity index (χ3n) is 3.67. The van der Waals surface area contributed by atoms with E-state index in [2.05, 4.69) is 4.98 Å². The first-order chi connectivity index (χ1) is 11.4. The molecular formula is C14H13N3O5S2. The van der Waals surface area contributed by atoms with E-state index in [9.17, 15) is 19.5 Å². The number of carboxylic acid groups (broad SMARTS) is 2. The predicted molar refractivity (Wildman–Crippen MR) is 87.6 cm³/mol. The van der Waals surface area contributed by atoms with Crippen LogP contribution in [0, 0.1) is 0 Å². The molecule has 3 rings (SSSR count). The molecule has 1 saturated heterocycles. The van der Waals surface area contributed by atoms with Crippen LogP contribution in [0.4, 0.5) is 0 Å². The van der Waals surface area contributed by atoms with Gasteiger partial charge in [0.2, 0.25) is 5.91 Å². The summed E-state index contributed by atoms with van der Waals surface area (Å²) >= 11 is 2.66. The molecule has 1 fully saturated rings. The van der Waals surface area contributed by atoms with E-state index >= 15 is 0 Å². The molecule has 2 aliphatic heterocycles. The van der Waals surface area contributed by atoms with Gasteiger partial charge < -0.3 is 15.9 Å². The Morgan fingerprint density at radius 1 is 1.42 bits per heavy atom. The van der Waals surface area contributed by atoms with Crippen LogP contribution in [0.2, 0.25) is 0 Å². The lowest BCUT2D eigenvalue weighted by Crippen LogP contribution is -2.68. The summed E-state index contributed by atoms with van der Waals surface area (Å²) in [5.74, 6) is -1.85. The molecule has 2 atom stereocenters. The second-order valence-corrected chi connectivity index (χ2v) is 7.27. The fourth-order valence-electron chi connectivity index (χ4n) is 2.47. The summed E-state index contributed by atoms with van der Waals surface area (Å²) < 4.78 is 0. The first-order valence-corrected chi connectivity index (χ1v) is 8.91. The molecule has 2 aliphatic rings. The highest BCUT2D eigenvalue weighted by Crippen LogP contribution is 2.40. The van der Waals surface area contributed by atoms with Crippen molar-refractivity contribution < 1.29 is 24.6 Å². The van der Waals surface area contributed by atoms with Gasteiger partial charge in [-0.15, -0.1) is 23.5 Å². The monoisotopic (exact) mass is 367 g/mol. The number of carbonyl (C=O) groups is 3. The molecule has 10 heteroatoms. The standard InChI is InChI=1S/C14H13N3O5S2/c15-9-11(18)17-10(14(21)22)7(5-24-12(9)17)4-23-8-3-6(13(19)20)1-2-16-8/h1-3,9,12H,4-5,15H2,(H,19,20)(H,21,22)/t9?,12-/m1/s1. The summed E-state index contributed by atoms with van der Waals surface area (Å²) in [6.45, 7) is 0. The van der Waals surface area contributed by atoms with Crippen molar-refractivity contribution in [2.24, 2.45) is 5.73 Å². The lowest BCUT2D eigenvalue weighted by Gasteiger charge is -2.48. The van der Waals surface area contributed by atoms with Crippen LogP contribution in [-0.2, 0) is 9.59 Å². The number of aliphatic carboxylic acids is 1. The zero-order valence-electron chi connectivity index (χ0n) is 12.2. The number of aromatic nitrogens is 1. The number of carboxylic acids is 2. The Kier molecular flexibility index (Phi) is 4.52. The number of amides is 1. The number of hydrogen-bond donors (Lipinski definition) is 3. The first-order valence-electron chi connectivity index (χ1n) is 6.88. The molecule has 1 unspecified atom stereocenters. The number of hydrogen-bond acceptors (Lipinski definition) is 7.